The zero-order valence-corrected chi connectivity index (χ0v) is 13.5. The van der Waals surface area contributed by atoms with E-state index in [1.807, 2.05) is 26.0 Å². The topological polar surface area (TPSA) is 38.3 Å². The van der Waals surface area contributed by atoms with Crippen molar-refractivity contribution in [2.75, 3.05) is 7.11 Å². The molecule has 1 aromatic carbocycles. The summed E-state index contributed by atoms with van der Waals surface area (Å²) >= 11 is 3.42. The van der Waals surface area contributed by atoms with Crippen LogP contribution in [0.25, 0.3) is 0 Å². The third-order valence-corrected chi connectivity index (χ3v) is 3.57. The normalized spacial score (nSPS) is 14.2. The van der Waals surface area contributed by atoms with E-state index in [1.165, 1.54) is 12.7 Å². The van der Waals surface area contributed by atoms with Crippen molar-refractivity contribution in [1.82, 2.24) is 5.32 Å². The second-order valence-electron chi connectivity index (χ2n) is 5.14. The fourth-order valence-electron chi connectivity index (χ4n) is 2.00. The van der Waals surface area contributed by atoms with Crippen LogP contribution in [0, 0.1) is 5.92 Å². The van der Waals surface area contributed by atoms with Gasteiger partial charge < -0.3 is 10.1 Å². The Kier molecular flexibility index (Phi) is 6.52. The average Bonchev–Trinajstić information content (AvgIpc) is 2.37. The molecular weight excluding hydrogens is 306 g/mol. The molecule has 4 heteroatoms. The number of hydrogen-bond acceptors (Lipinski definition) is 3. The number of carbonyl (C=O) groups is 1. The van der Waals surface area contributed by atoms with Crippen molar-refractivity contribution in [3.05, 3.63) is 34.3 Å². The van der Waals surface area contributed by atoms with Crippen LogP contribution in [0.5, 0.6) is 0 Å². The molecule has 0 spiro atoms. The van der Waals surface area contributed by atoms with Crippen LogP contribution >= 0.6 is 15.9 Å². The van der Waals surface area contributed by atoms with Crippen LogP contribution < -0.4 is 5.32 Å². The van der Waals surface area contributed by atoms with E-state index < -0.39 is 0 Å². The molecule has 1 unspecified atom stereocenters. The van der Waals surface area contributed by atoms with Crippen molar-refractivity contribution in [1.29, 1.82) is 0 Å². The molecule has 1 N–H and O–H groups in total. The maximum Gasteiger partial charge on any atom is 0.323 e. The molecule has 106 valence electrons. The quantitative estimate of drug-likeness (QED) is 0.815. The first-order valence-electron chi connectivity index (χ1n) is 6.52. The molecule has 0 bridgehead atoms. The van der Waals surface area contributed by atoms with E-state index in [-0.39, 0.29) is 24.0 Å². The second kappa shape index (κ2) is 7.65. The fourth-order valence-corrected chi connectivity index (χ4v) is 2.26. The van der Waals surface area contributed by atoms with E-state index in [1.54, 1.807) is 0 Å². The van der Waals surface area contributed by atoms with Crippen molar-refractivity contribution >= 4 is 21.9 Å². The minimum absolute atomic E-state index is 0.197. The first-order valence-corrected chi connectivity index (χ1v) is 7.31. The number of benzene rings is 1. The summed E-state index contributed by atoms with van der Waals surface area (Å²) in [6.45, 7) is 6.11. The summed E-state index contributed by atoms with van der Waals surface area (Å²) in [6, 6.07) is 8.20. The molecule has 0 radical (unpaired) electrons. The highest BCUT2D eigenvalue weighted by atomic mass is 79.9. The summed E-state index contributed by atoms with van der Waals surface area (Å²) in [7, 11) is 1.43. The van der Waals surface area contributed by atoms with Crippen LogP contribution in [0.15, 0.2) is 28.7 Å². The number of ether oxygens (including phenoxy) is 1. The van der Waals surface area contributed by atoms with Crippen molar-refractivity contribution in [2.24, 2.45) is 5.92 Å². The Bertz CT molecular complexity index is 403. The number of hydrogen-bond donors (Lipinski definition) is 1. The molecule has 0 aliphatic carbocycles. The molecule has 0 fully saturated rings. The van der Waals surface area contributed by atoms with E-state index >= 15 is 0 Å². The molecule has 0 aromatic heterocycles. The largest absolute Gasteiger partial charge is 0.468 e. The van der Waals surface area contributed by atoms with E-state index in [9.17, 15) is 4.79 Å². The van der Waals surface area contributed by atoms with Crippen LogP contribution in [0.4, 0.5) is 0 Å². The Morgan fingerprint density at radius 3 is 2.32 bits per heavy atom. The van der Waals surface area contributed by atoms with Crippen LogP contribution in [-0.2, 0) is 16.0 Å². The van der Waals surface area contributed by atoms with Gasteiger partial charge in [0.05, 0.1) is 7.11 Å². The first kappa shape index (κ1) is 16.2. The van der Waals surface area contributed by atoms with Crippen LogP contribution in [0.3, 0.4) is 0 Å². The van der Waals surface area contributed by atoms with E-state index in [0.29, 0.717) is 0 Å². The van der Waals surface area contributed by atoms with Gasteiger partial charge in [-0.25, -0.2) is 0 Å². The lowest BCUT2D eigenvalue weighted by Gasteiger charge is -2.24. The Morgan fingerprint density at radius 2 is 1.84 bits per heavy atom. The number of methoxy groups -OCH3 is 1. The van der Waals surface area contributed by atoms with E-state index in [2.05, 4.69) is 40.3 Å². The van der Waals surface area contributed by atoms with Gasteiger partial charge >= 0.3 is 5.97 Å². The molecule has 0 aliphatic rings. The van der Waals surface area contributed by atoms with Gasteiger partial charge in [-0.15, -0.1) is 0 Å². The highest BCUT2D eigenvalue weighted by molar-refractivity contribution is 9.10. The maximum absolute atomic E-state index is 11.7. The minimum atomic E-state index is -0.254. The summed E-state index contributed by atoms with van der Waals surface area (Å²) in [6.07, 6.45) is 0.882. The Morgan fingerprint density at radius 1 is 1.26 bits per heavy atom. The highest BCUT2D eigenvalue weighted by Gasteiger charge is 2.24. The highest BCUT2D eigenvalue weighted by Crippen LogP contribution is 2.13. The number of halogens is 1. The molecule has 19 heavy (non-hydrogen) atoms. The second-order valence-corrected chi connectivity index (χ2v) is 6.06. The Labute approximate surface area is 123 Å². The predicted molar refractivity (Wildman–Crippen MR) is 81.1 cm³/mol. The zero-order valence-electron chi connectivity index (χ0n) is 11.9. The smallest absolute Gasteiger partial charge is 0.323 e. The zero-order chi connectivity index (χ0) is 14.4. The SMILES string of the molecule is COC(=O)[C@@H](NC(C)Cc1ccc(Br)cc1)C(C)C. The third-order valence-electron chi connectivity index (χ3n) is 3.04. The molecule has 0 heterocycles. The summed E-state index contributed by atoms with van der Waals surface area (Å²) in [5.41, 5.74) is 1.25. The van der Waals surface area contributed by atoms with Crippen LogP contribution in [0.1, 0.15) is 26.3 Å². The van der Waals surface area contributed by atoms with Gasteiger partial charge in [0.15, 0.2) is 0 Å². The number of rotatable bonds is 6. The van der Waals surface area contributed by atoms with Crippen molar-refractivity contribution in [2.45, 2.75) is 39.3 Å². The lowest BCUT2D eigenvalue weighted by Crippen LogP contribution is -2.46. The first-order chi connectivity index (χ1) is 8.93. The van der Waals surface area contributed by atoms with Crippen molar-refractivity contribution in [3.63, 3.8) is 0 Å². The standard InChI is InChI=1S/C15H22BrNO2/c1-10(2)14(15(18)19-4)17-11(3)9-12-5-7-13(16)8-6-12/h5-8,10-11,14,17H,9H2,1-4H3/t11?,14-/m0/s1. The minimum Gasteiger partial charge on any atom is -0.468 e. The fraction of sp³-hybridized carbons (Fsp3) is 0.533. The van der Waals surface area contributed by atoms with Gasteiger partial charge in [-0.2, -0.15) is 0 Å². The summed E-state index contributed by atoms with van der Waals surface area (Å²) in [4.78, 5) is 11.7. The number of nitrogens with one attached hydrogen (secondary N) is 1. The molecule has 0 saturated carbocycles. The number of esters is 1. The summed E-state index contributed by atoms with van der Waals surface area (Å²) in [5.74, 6) is 0.0115. The summed E-state index contributed by atoms with van der Waals surface area (Å²) < 4.78 is 5.91. The van der Waals surface area contributed by atoms with E-state index in [0.717, 1.165) is 10.9 Å². The summed E-state index contributed by atoms with van der Waals surface area (Å²) in [5, 5.41) is 3.34. The van der Waals surface area contributed by atoms with Gasteiger partial charge in [-0.3, -0.25) is 4.79 Å². The average molecular weight is 328 g/mol. The van der Waals surface area contributed by atoms with Gasteiger partial charge in [0.1, 0.15) is 6.04 Å². The van der Waals surface area contributed by atoms with Crippen molar-refractivity contribution < 1.29 is 9.53 Å². The molecule has 0 aliphatic heterocycles. The molecule has 1 aromatic rings. The lowest BCUT2D eigenvalue weighted by molar-refractivity contribution is -0.144. The van der Waals surface area contributed by atoms with Gasteiger partial charge in [-0.1, -0.05) is 41.9 Å². The van der Waals surface area contributed by atoms with Crippen LogP contribution in [-0.4, -0.2) is 25.2 Å². The Hall–Kier alpha value is -0.870. The molecule has 0 saturated heterocycles. The predicted octanol–water partition coefficient (Wildman–Crippen LogP) is 3.17. The van der Waals surface area contributed by atoms with Gasteiger partial charge in [0.2, 0.25) is 0 Å². The number of carbonyl (C=O) groups excluding carboxylic acids is 1. The van der Waals surface area contributed by atoms with Gasteiger partial charge in [-0.05, 0) is 37.0 Å². The molecular formula is C15H22BrNO2. The molecule has 2 atom stereocenters. The van der Waals surface area contributed by atoms with Crippen LogP contribution in [0.2, 0.25) is 0 Å². The van der Waals surface area contributed by atoms with E-state index in [4.69, 9.17) is 4.74 Å². The maximum atomic E-state index is 11.7. The molecule has 1 rings (SSSR count). The van der Waals surface area contributed by atoms with Crippen molar-refractivity contribution in [3.8, 4) is 0 Å². The van der Waals surface area contributed by atoms with Gasteiger partial charge in [0, 0.05) is 10.5 Å². The lowest BCUT2D eigenvalue weighted by atomic mass is 10.0. The third kappa shape index (κ3) is 5.33. The Balaban J connectivity index is 2.59. The molecule has 3 nitrogen and oxygen atoms in total. The van der Waals surface area contributed by atoms with Gasteiger partial charge in [0.25, 0.3) is 0 Å². The monoisotopic (exact) mass is 327 g/mol. The molecule has 0 amide bonds.